The van der Waals surface area contributed by atoms with Crippen molar-refractivity contribution >= 4 is 45.8 Å². The second-order valence-corrected chi connectivity index (χ2v) is 15.0. The molecule has 1 aliphatic carbocycles. The third kappa shape index (κ3) is 8.10. The first-order valence-electron chi connectivity index (χ1n) is 17.8. The number of nitrogens with one attached hydrogen (secondary N) is 4. The van der Waals surface area contributed by atoms with Gasteiger partial charge >= 0.3 is 11.9 Å². The summed E-state index contributed by atoms with van der Waals surface area (Å²) in [6.07, 6.45) is 4.12. The molecule has 0 fully saturated rings. The molecule has 2 unspecified atom stereocenters. The molecule has 5 aromatic rings. The lowest BCUT2D eigenvalue weighted by Gasteiger charge is -2.30. The first kappa shape index (κ1) is 37.7. The van der Waals surface area contributed by atoms with Crippen LogP contribution >= 0.6 is 0 Å². The first-order chi connectivity index (χ1) is 25.5. The Bertz CT molecular complexity index is 2320. The quantitative estimate of drug-likeness (QED) is 0.0866. The van der Waals surface area contributed by atoms with E-state index in [-0.39, 0.29) is 24.3 Å². The second-order valence-electron chi connectivity index (χ2n) is 15.0. The van der Waals surface area contributed by atoms with Gasteiger partial charge < -0.3 is 30.1 Å². The Labute approximate surface area is 312 Å². The minimum Gasteiger partial charge on any atom is -0.449 e. The van der Waals surface area contributed by atoms with E-state index in [9.17, 15) is 19.2 Å². The number of amides is 2. The lowest BCUT2D eigenvalue weighted by Crippen LogP contribution is -2.52. The van der Waals surface area contributed by atoms with E-state index >= 15 is 0 Å². The van der Waals surface area contributed by atoms with Gasteiger partial charge in [0.1, 0.15) is 5.82 Å². The zero-order chi connectivity index (χ0) is 39.0. The molecular weight excluding hydrogens is 688 g/mol. The highest BCUT2D eigenvalue weighted by atomic mass is 16.6. The van der Waals surface area contributed by atoms with Crippen molar-refractivity contribution in [3.63, 3.8) is 0 Å². The molecule has 1 aliphatic rings. The van der Waals surface area contributed by atoms with Gasteiger partial charge in [0.25, 0.3) is 11.8 Å². The molecule has 6 rings (SSSR count). The molecule has 2 amide bonds. The van der Waals surface area contributed by atoms with E-state index in [1.807, 2.05) is 64.1 Å². The van der Waals surface area contributed by atoms with Crippen LogP contribution in [-0.2, 0) is 40.7 Å². The molecule has 0 aliphatic heterocycles. The molecular formula is C40H44N8O6. The highest BCUT2D eigenvalue weighted by Crippen LogP contribution is 2.32. The summed E-state index contributed by atoms with van der Waals surface area (Å²) >= 11 is 0. The fourth-order valence-corrected chi connectivity index (χ4v) is 6.79. The van der Waals surface area contributed by atoms with Crippen molar-refractivity contribution in [1.29, 1.82) is 0 Å². The highest BCUT2D eigenvalue weighted by molar-refractivity contribution is 5.90. The van der Waals surface area contributed by atoms with Gasteiger partial charge in [-0.2, -0.15) is 0 Å². The monoisotopic (exact) mass is 732 g/mol. The molecule has 2 atom stereocenters. The van der Waals surface area contributed by atoms with Crippen LogP contribution in [0.2, 0.25) is 0 Å². The number of aromatic amines is 2. The molecule has 0 saturated heterocycles. The SMILES string of the molecule is CC(=O)OC(C)(CC(C)C)C(=O)NCc1nc2ccc(-c3cnc(-c4ccc5nc(C6(NC(=O)C(C)(CC(C)C)OC(C)=O)C#C6)[nH]c5c4)cn3)cc2[nH]1. The Balaban J connectivity index is 1.14. The Kier molecular flexibility index (Phi) is 10.0. The van der Waals surface area contributed by atoms with E-state index in [1.54, 1.807) is 26.2 Å². The van der Waals surface area contributed by atoms with Gasteiger partial charge in [-0.1, -0.05) is 39.8 Å². The number of H-pyrrole nitrogens is 2. The van der Waals surface area contributed by atoms with Crippen molar-refractivity contribution < 1.29 is 28.7 Å². The molecule has 0 bridgehead atoms. The molecule has 14 heteroatoms. The largest absolute Gasteiger partial charge is 0.449 e. The minimum atomic E-state index is -1.36. The van der Waals surface area contributed by atoms with Crippen molar-refractivity contribution in [2.45, 2.75) is 91.5 Å². The number of esters is 2. The summed E-state index contributed by atoms with van der Waals surface area (Å²) in [5.74, 6) is 5.27. The summed E-state index contributed by atoms with van der Waals surface area (Å²) in [6.45, 7) is 13.8. The highest BCUT2D eigenvalue weighted by Gasteiger charge is 2.47. The first-order valence-corrected chi connectivity index (χ1v) is 17.8. The van der Waals surface area contributed by atoms with E-state index < -0.39 is 34.6 Å². The summed E-state index contributed by atoms with van der Waals surface area (Å²) in [4.78, 5) is 75.1. The standard InChI is InChI=1S/C40H44N8O6/c1-22(2)17-38(7,53-24(5)49)36(51)43-21-34-44-28-11-9-26(15-30(28)45-34)32-19-42-33(20-41-32)27-10-12-29-31(16-27)47-35(46-29)40(13-14-40)48-37(52)39(8,18-23(3)4)54-25(6)50/h9-12,15-16,19-20,22-23H,17-18,21H2,1-8H3,(H,43,51)(H,44,45)(H,46,47)(H,48,52). The number of benzene rings is 2. The summed E-state index contributed by atoms with van der Waals surface area (Å²) in [5.41, 5.74) is 2.00. The number of ether oxygens (including phenoxy) is 2. The molecule has 3 heterocycles. The van der Waals surface area contributed by atoms with E-state index in [4.69, 9.17) is 9.47 Å². The molecule has 3 aromatic heterocycles. The summed E-state index contributed by atoms with van der Waals surface area (Å²) in [7, 11) is 0. The Morgan fingerprint density at radius 3 is 1.74 bits per heavy atom. The minimum absolute atomic E-state index is 0.104. The van der Waals surface area contributed by atoms with Crippen LogP contribution in [0.5, 0.6) is 0 Å². The average molecular weight is 733 g/mol. The lowest BCUT2D eigenvalue weighted by molar-refractivity contribution is -0.167. The molecule has 14 nitrogen and oxygen atoms in total. The zero-order valence-electron chi connectivity index (χ0n) is 31.6. The Hall–Kier alpha value is -6.10. The number of nitrogens with zero attached hydrogens (tertiary/aromatic N) is 4. The molecule has 0 spiro atoms. The molecule has 0 radical (unpaired) electrons. The smallest absolute Gasteiger partial charge is 0.303 e. The predicted molar refractivity (Wildman–Crippen MR) is 201 cm³/mol. The average Bonchev–Trinajstić information content (AvgIpc) is 3.54. The van der Waals surface area contributed by atoms with Gasteiger partial charge in [-0.05, 0) is 74.6 Å². The van der Waals surface area contributed by atoms with Crippen LogP contribution in [0.3, 0.4) is 0 Å². The number of hydrogen-bond donors (Lipinski definition) is 4. The second kappa shape index (κ2) is 14.4. The summed E-state index contributed by atoms with van der Waals surface area (Å²) in [5, 5.41) is 5.76. The van der Waals surface area contributed by atoms with Crippen LogP contribution < -0.4 is 10.6 Å². The Morgan fingerprint density at radius 2 is 1.26 bits per heavy atom. The maximum absolute atomic E-state index is 13.4. The van der Waals surface area contributed by atoms with E-state index in [0.29, 0.717) is 41.4 Å². The van der Waals surface area contributed by atoms with Crippen molar-refractivity contribution in [3.05, 3.63) is 60.4 Å². The number of hydrogen-bond acceptors (Lipinski definition) is 10. The van der Waals surface area contributed by atoms with Crippen molar-refractivity contribution in [1.82, 2.24) is 40.5 Å². The van der Waals surface area contributed by atoms with Crippen molar-refractivity contribution in [3.8, 4) is 34.4 Å². The fraction of sp³-hybridized carbons (Fsp3) is 0.400. The van der Waals surface area contributed by atoms with Crippen LogP contribution in [0.1, 0.15) is 79.9 Å². The van der Waals surface area contributed by atoms with Crippen LogP contribution in [0, 0.1) is 23.7 Å². The molecule has 2 aromatic carbocycles. The van der Waals surface area contributed by atoms with E-state index in [1.165, 1.54) is 13.8 Å². The van der Waals surface area contributed by atoms with Crippen LogP contribution in [0.4, 0.5) is 0 Å². The normalized spacial score (nSPS) is 15.2. The number of aromatic nitrogens is 6. The van der Waals surface area contributed by atoms with Crippen molar-refractivity contribution in [2.75, 3.05) is 0 Å². The van der Waals surface area contributed by atoms with Crippen molar-refractivity contribution in [2.24, 2.45) is 11.8 Å². The maximum atomic E-state index is 13.4. The topological polar surface area (TPSA) is 194 Å². The van der Waals surface area contributed by atoms with Gasteiger partial charge in [-0.15, -0.1) is 0 Å². The van der Waals surface area contributed by atoms with E-state index in [2.05, 4.69) is 52.4 Å². The fourth-order valence-electron chi connectivity index (χ4n) is 6.79. The number of rotatable bonds is 14. The maximum Gasteiger partial charge on any atom is 0.303 e. The lowest BCUT2D eigenvalue weighted by atomic mass is 9.92. The van der Waals surface area contributed by atoms with Gasteiger partial charge in [-0.3, -0.25) is 29.1 Å². The molecule has 4 N–H and O–H groups in total. The third-order valence-electron chi connectivity index (χ3n) is 9.00. The third-order valence-corrected chi connectivity index (χ3v) is 9.00. The van der Waals surface area contributed by atoms with Crippen LogP contribution in [-0.4, -0.2) is 64.9 Å². The van der Waals surface area contributed by atoms with Gasteiger partial charge in [-0.25, -0.2) is 9.97 Å². The zero-order valence-corrected chi connectivity index (χ0v) is 31.6. The Morgan fingerprint density at radius 1 is 0.759 bits per heavy atom. The van der Waals surface area contributed by atoms with Gasteiger partial charge in [0, 0.05) is 25.0 Å². The predicted octanol–water partition coefficient (Wildman–Crippen LogP) is 5.24. The van der Waals surface area contributed by atoms with Gasteiger partial charge in [0.2, 0.25) is 5.54 Å². The molecule has 280 valence electrons. The van der Waals surface area contributed by atoms with Crippen LogP contribution in [0.25, 0.3) is 44.6 Å². The molecule has 54 heavy (non-hydrogen) atoms. The number of imidazole rings is 2. The van der Waals surface area contributed by atoms with Crippen LogP contribution in [0.15, 0.2) is 48.8 Å². The number of carbonyl (C=O) groups excluding carboxylic acids is 4. The summed E-state index contributed by atoms with van der Waals surface area (Å²) < 4.78 is 10.9. The van der Waals surface area contributed by atoms with Gasteiger partial charge in [0.15, 0.2) is 17.0 Å². The summed E-state index contributed by atoms with van der Waals surface area (Å²) in [6, 6.07) is 11.3. The number of carbonyl (C=O) groups is 4. The number of fused-ring (bicyclic) bond motifs is 2. The molecule has 0 saturated carbocycles. The van der Waals surface area contributed by atoms with Gasteiger partial charge in [0.05, 0.1) is 52.4 Å². The van der Waals surface area contributed by atoms with E-state index in [0.717, 1.165) is 27.7 Å².